The number of ketones is 1. The third-order valence-corrected chi connectivity index (χ3v) is 2.39. The SMILES string of the molecule is COC(C(=O)c1ccc(F)cc1)C(C)(C)C. The Hall–Kier alpha value is -1.22. The van der Waals surface area contributed by atoms with E-state index in [1.165, 1.54) is 31.4 Å². The summed E-state index contributed by atoms with van der Waals surface area (Å²) in [6.45, 7) is 5.80. The molecule has 0 spiro atoms. The van der Waals surface area contributed by atoms with Crippen LogP contribution in [0.5, 0.6) is 0 Å². The summed E-state index contributed by atoms with van der Waals surface area (Å²) in [7, 11) is 1.51. The van der Waals surface area contributed by atoms with Crippen molar-refractivity contribution < 1.29 is 13.9 Å². The average molecular weight is 224 g/mol. The van der Waals surface area contributed by atoms with Crippen molar-refractivity contribution in [1.82, 2.24) is 0 Å². The maximum atomic E-state index is 12.7. The van der Waals surface area contributed by atoms with E-state index in [4.69, 9.17) is 4.74 Å². The minimum atomic E-state index is -0.516. The van der Waals surface area contributed by atoms with E-state index in [0.717, 1.165) is 0 Å². The molecule has 0 bridgehead atoms. The van der Waals surface area contributed by atoms with Crippen molar-refractivity contribution in [1.29, 1.82) is 0 Å². The quantitative estimate of drug-likeness (QED) is 0.737. The zero-order chi connectivity index (χ0) is 12.3. The van der Waals surface area contributed by atoms with Gasteiger partial charge in [0.2, 0.25) is 0 Å². The van der Waals surface area contributed by atoms with Gasteiger partial charge in [0, 0.05) is 12.7 Å². The lowest BCUT2D eigenvalue weighted by Gasteiger charge is -2.28. The fourth-order valence-electron chi connectivity index (χ4n) is 1.62. The van der Waals surface area contributed by atoms with Gasteiger partial charge in [-0.25, -0.2) is 4.39 Å². The van der Waals surface area contributed by atoms with Crippen LogP contribution in [-0.2, 0) is 4.74 Å². The Kier molecular flexibility index (Phi) is 3.81. The molecule has 1 aromatic rings. The Morgan fingerprint density at radius 1 is 1.25 bits per heavy atom. The molecular formula is C13H17FO2. The topological polar surface area (TPSA) is 26.3 Å². The second-order valence-corrected chi connectivity index (χ2v) is 4.85. The van der Waals surface area contributed by atoms with Gasteiger partial charge >= 0.3 is 0 Å². The van der Waals surface area contributed by atoms with Crippen molar-refractivity contribution in [2.45, 2.75) is 26.9 Å². The first-order valence-corrected chi connectivity index (χ1v) is 5.19. The molecule has 0 heterocycles. The van der Waals surface area contributed by atoms with Gasteiger partial charge in [-0.2, -0.15) is 0 Å². The number of halogens is 1. The fraction of sp³-hybridized carbons (Fsp3) is 0.462. The Balaban J connectivity index is 2.96. The van der Waals surface area contributed by atoms with Gasteiger partial charge in [-0.3, -0.25) is 4.79 Å². The summed E-state index contributed by atoms with van der Waals surface area (Å²) >= 11 is 0. The fourth-order valence-corrected chi connectivity index (χ4v) is 1.62. The van der Waals surface area contributed by atoms with Crippen LogP contribution >= 0.6 is 0 Å². The first kappa shape index (κ1) is 12.8. The Labute approximate surface area is 95.4 Å². The molecule has 1 atom stereocenters. The van der Waals surface area contributed by atoms with Crippen LogP contribution < -0.4 is 0 Å². The molecule has 0 amide bonds. The van der Waals surface area contributed by atoms with Gasteiger partial charge in [0.25, 0.3) is 0 Å². The molecule has 0 aliphatic carbocycles. The van der Waals surface area contributed by atoms with Crippen LogP contribution in [0.4, 0.5) is 4.39 Å². The number of benzene rings is 1. The minimum absolute atomic E-state index is 0.116. The van der Waals surface area contributed by atoms with Gasteiger partial charge in [-0.15, -0.1) is 0 Å². The predicted octanol–water partition coefficient (Wildman–Crippen LogP) is 3.07. The van der Waals surface area contributed by atoms with Gasteiger partial charge in [0.05, 0.1) is 0 Å². The molecule has 0 saturated carbocycles. The number of Topliss-reactive ketones (excluding diaryl/α,β-unsaturated/α-hetero) is 1. The summed E-state index contributed by atoms with van der Waals surface area (Å²) in [5, 5.41) is 0. The maximum absolute atomic E-state index is 12.7. The van der Waals surface area contributed by atoms with E-state index >= 15 is 0 Å². The lowest BCUT2D eigenvalue weighted by atomic mass is 9.84. The molecule has 3 heteroatoms. The Morgan fingerprint density at radius 3 is 2.12 bits per heavy atom. The summed E-state index contributed by atoms with van der Waals surface area (Å²) in [5.74, 6) is -0.462. The molecule has 0 aliphatic rings. The van der Waals surface area contributed by atoms with E-state index in [0.29, 0.717) is 5.56 Å². The second kappa shape index (κ2) is 4.74. The number of carbonyl (C=O) groups is 1. The third kappa shape index (κ3) is 2.89. The number of methoxy groups -OCH3 is 1. The van der Waals surface area contributed by atoms with E-state index in [1.54, 1.807) is 0 Å². The zero-order valence-corrected chi connectivity index (χ0v) is 10.1. The zero-order valence-electron chi connectivity index (χ0n) is 10.1. The lowest BCUT2D eigenvalue weighted by molar-refractivity contribution is 0.0196. The van der Waals surface area contributed by atoms with Gasteiger partial charge in [-0.1, -0.05) is 20.8 Å². The molecular weight excluding hydrogens is 207 g/mol. The average Bonchev–Trinajstić information content (AvgIpc) is 2.17. The van der Waals surface area contributed by atoms with Crippen LogP contribution in [0.1, 0.15) is 31.1 Å². The van der Waals surface area contributed by atoms with Crippen LogP contribution in [0.3, 0.4) is 0 Å². The molecule has 0 aromatic heterocycles. The van der Waals surface area contributed by atoms with Crippen LogP contribution in [-0.4, -0.2) is 19.0 Å². The molecule has 0 fully saturated rings. The standard InChI is InChI=1S/C13H17FO2/c1-13(2,3)12(16-4)11(15)9-5-7-10(14)8-6-9/h5-8,12H,1-4H3. The third-order valence-electron chi connectivity index (χ3n) is 2.39. The van der Waals surface area contributed by atoms with Crippen LogP contribution in [0.15, 0.2) is 24.3 Å². The molecule has 1 rings (SSSR count). The minimum Gasteiger partial charge on any atom is -0.373 e. The summed E-state index contributed by atoms with van der Waals surface area (Å²) in [6, 6.07) is 5.52. The molecule has 1 unspecified atom stereocenters. The van der Waals surface area contributed by atoms with Gasteiger partial charge in [0.15, 0.2) is 5.78 Å². The largest absolute Gasteiger partial charge is 0.373 e. The molecule has 16 heavy (non-hydrogen) atoms. The molecule has 0 saturated heterocycles. The first-order chi connectivity index (χ1) is 7.36. The van der Waals surface area contributed by atoms with Crippen molar-refractivity contribution >= 4 is 5.78 Å². The Bertz CT molecular complexity index is 363. The smallest absolute Gasteiger partial charge is 0.192 e. The second-order valence-electron chi connectivity index (χ2n) is 4.85. The van der Waals surface area contributed by atoms with Gasteiger partial charge in [0.1, 0.15) is 11.9 Å². The molecule has 0 N–H and O–H groups in total. The van der Waals surface area contributed by atoms with Gasteiger partial charge in [-0.05, 0) is 29.7 Å². The number of rotatable bonds is 3. The summed E-state index contributed by atoms with van der Waals surface area (Å²) < 4.78 is 17.9. The van der Waals surface area contributed by atoms with E-state index in [9.17, 15) is 9.18 Å². The van der Waals surface area contributed by atoms with Crippen molar-refractivity contribution in [3.63, 3.8) is 0 Å². The highest BCUT2D eigenvalue weighted by molar-refractivity contribution is 5.99. The lowest BCUT2D eigenvalue weighted by Crippen LogP contribution is -2.36. The number of ether oxygens (including phenoxy) is 1. The summed E-state index contributed by atoms with van der Waals surface area (Å²) in [4.78, 5) is 12.1. The van der Waals surface area contributed by atoms with E-state index in [1.807, 2.05) is 20.8 Å². The summed E-state index contributed by atoms with van der Waals surface area (Å²) in [6.07, 6.45) is -0.516. The highest BCUT2D eigenvalue weighted by atomic mass is 19.1. The highest BCUT2D eigenvalue weighted by Gasteiger charge is 2.31. The maximum Gasteiger partial charge on any atom is 0.192 e. The predicted molar refractivity (Wildman–Crippen MR) is 61.0 cm³/mol. The van der Waals surface area contributed by atoms with E-state index < -0.39 is 6.10 Å². The van der Waals surface area contributed by atoms with Crippen molar-refractivity contribution in [2.24, 2.45) is 5.41 Å². The first-order valence-electron chi connectivity index (χ1n) is 5.19. The molecule has 0 radical (unpaired) electrons. The van der Waals surface area contributed by atoms with Crippen LogP contribution in [0, 0.1) is 11.2 Å². The van der Waals surface area contributed by atoms with Crippen LogP contribution in [0.2, 0.25) is 0 Å². The van der Waals surface area contributed by atoms with Crippen molar-refractivity contribution in [3.8, 4) is 0 Å². The monoisotopic (exact) mass is 224 g/mol. The van der Waals surface area contributed by atoms with Gasteiger partial charge < -0.3 is 4.74 Å². The number of hydrogen-bond donors (Lipinski definition) is 0. The van der Waals surface area contributed by atoms with Crippen molar-refractivity contribution in [2.75, 3.05) is 7.11 Å². The molecule has 2 nitrogen and oxygen atoms in total. The normalized spacial score (nSPS) is 13.6. The molecule has 88 valence electrons. The highest BCUT2D eigenvalue weighted by Crippen LogP contribution is 2.25. The Morgan fingerprint density at radius 2 is 1.75 bits per heavy atom. The number of carbonyl (C=O) groups excluding carboxylic acids is 1. The summed E-state index contributed by atoms with van der Waals surface area (Å²) in [5.41, 5.74) is 0.198. The molecule has 0 aliphatic heterocycles. The molecule has 1 aromatic carbocycles. The van der Waals surface area contributed by atoms with E-state index in [2.05, 4.69) is 0 Å². The van der Waals surface area contributed by atoms with Crippen molar-refractivity contribution in [3.05, 3.63) is 35.6 Å². The van der Waals surface area contributed by atoms with Crippen LogP contribution in [0.25, 0.3) is 0 Å². The van der Waals surface area contributed by atoms with E-state index in [-0.39, 0.29) is 17.0 Å². The number of hydrogen-bond acceptors (Lipinski definition) is 2.